The maximum Gasteiger partial charge on any atom is 0.302 e. The molecule has 0 aromatic heterocycles. The summed E-state index contributed by atoms with van der Waals surface area (Å²) in [6, 6.07) is 0. The number of ether oxygens (including phenoxy) is 1. The molecule has 0 atom stereocenters. The topological polar surface area (TPSA) is 26.3 Å². The van der Waals surface area contributed by atoms with Gasteiger partial charge in [-0.15, -0.1) is 0 Å². The number of hydrogen-bond donors (Lipinski definition) is 0. The van der Waals surface area contributed by atoms with E-state index in [1.165, 1.54) is 12.5 Å². The lowest BCUT2D eigenvalue weighted by atomic mass is 10.2. The summed E-state index contributed by atoms with van der Waals surface area (Å²) in [5.74, 6) is -0.254. The Bertz CT molecular complexity index is 288. The molecule has 84 valence electrons. The fourth-order valence-electron chi connectivity index (χ4n) is 0.852. The van der Waals surface area contributed by atoms with Gasteiger partial charge in [0, 0.05) is 12.5 Å². The first kappa shape index (κ1) is 14.0. The van der Waals surface area contributed by atoms with Crippen LogP contribution in [-0.4, -0.2) is 12.6 Å². The molecule has 0 aromatic carbocycles. The van der Waals surface area contributed by atoms with Crippen LogP contribution in [0.5, 0.6) is 0 Å². The van der Waals surface area contributed by atoms with E-state index >= 15 is 0 Å². The van der Waals surface area contributed by atoms with Crippen LogP contribution in [0.15, 0.2) is 34.9 Å². The standard InChI is InChI=1S/C12H17ClO2/c1-10(7-8-15-12(3)14)5-4-6-11(2)9-13/h4,6-7,9H,5,8H2,1-3H3/b6-4+,10-7+,11-9+. The van der Waals surface area contributed by atoms with Gasteiger partial charge in [-0.1, -0.05) is 29.3 Å². The summed E-state index contributed by atoms with van der Waals surface area (Å²) in [5.41, 5.74) is 3.72. The summed E-state index contributed by atoms with van der Waals surface area (Å²) in [4.78, 5) is 10.5. The van der Waals surface area contributed by atoms with E-state index in [2.05, 4.69) is 0 Å². The van der Waals surface area contributed by atoms with Crippen molar-refractivity contribution in [2.24, 2.45) is 0 Å². The molecule has 3 heteroatoms. The summed E-state index contributed by atoms with van der Waals surface area (Å²) in [6.45, 7) is 5.67. The molecule has 0 bridgehead atoms. The minimum atomic E-state index is -0.254. The molecule has 0 fully saturated rings. The van der Waals surface area contributed by atoms with Gasteiger partial charge in [0.1, 0.15) is 6.61 Å². The number of carbonyl (C=O) groups is 1. The van der Waals surface area contributed by atoms with Crippen molar-refractivity contribution in [3.8, 4) is 0 Å². The molecule has 0 spiro atoms. The van der Waals surface area contributed by atoms with Crippen LogP contribution in [0.4, 0.5) is 0 Å². The van der Waals surface area contributed by atoms with Gasteiger partial charge in [0.2, 0.25) is 0 Å². The molecule has 15 heavy (non-hydrogen) atoms. The van der Waals surface area contributed by atoms with Crippen LogP contribution in [0.2, 0.25) is 0 Å². The quantitative estimate of drug-likeness (QED) is 0.408. The monoisotopic (exact) mass is 228 g/mol. The predicted molar refractivity (Wildman–Crippen MR) is 63.8 cm³/mol. The minimum absolute atomic E-state index is 0.254. The normalized spacial score (nSPS) is 13.3. The molecule has 0 N–H and O–H groups in total. The zero-order chi connectivity index (χ0) is 11.7. The van der Waals surface area contributed by atoms with Crippen LogP contribution in [0, 0.1) is 0 Å². The highest BCUT2D eigenvalue weighted by Gasteiger charge is 1.90. The van der Waals surface area contributed by atoms with Gasteiger partial charge in [-0.25, -0.2) is 0 Å². The van der Waals surface area contributed by atoms with Crippen LogP contribution in [0.1, 0.15) is 27.2 Å². The lowest BCUT2D eigenvalue weighted by Gasteiger charge is -1.98. The zero-order valence-corrected chi connectivity index (χ0v) is 10.2. The van der Waals surface area contributed by atoms with E-state index in [1.54, 1.807) is 0 Å². The molecule has 0 aliphatic carbocycles. The summed E-state index contributed by atoms with van der Waals surface area (Å²) in [5, 5.41) is 0. The Morgan fingerprint density at radius 2 is 2.00 bits per heavy atom. The van der Waals surface area contributed by atoms with Crippen LogP contribution >= 0.6 is 11.6 Å². The van der Waals surface area contributed by atoms with E-state index < -0.39 is 0 Å². The summed E-state index contributed by atoms with van der Waals surface area (Å²) >= 11 is 5.50. The molecule has 0 rings (SSSR count). The van der Waals surface area contributed by atoms with Crippen molar-refractivity contribution in [1.82, 2.24) is 0 Å². The van der Waals surface area contributed by atoms with Gasteiger partial charge in [-0.3, -0.25) is 4.79 Å². The molecule has 2 nitrogen and oxygen atoms in total. The van der Waals surface area contributed by atoms with Crippen molar-refractivity contribution >= 4 is 17.6 Å². The predicted octanol–water partition coefficient (Wildman–Crippen LogP) is 3.58. The highest BCUT2D eigenvalue weighted by atomic mass is 35.5. The van der Waals surface area contributed by atoms with E-state index in [0.29, 0.717) is 6.61 Å². The Morgan fingerprint density at radius 1 is 1.33 bits per heavy atom. The van der Waals surface area contributed by atoms with E-state index in [0.717, 1.165) is 17.6 Å². The van der Waals surface area contributed by atoms with Gasteiger partial charge in [-0.05, 0) is 31.9 Å². The average molecular weight is 229 g/mol. The van der Waals surface area contributed by atoms with Crippen molar-refractivity contribution in [1.29, 1.82) is 0 Å². The van der Waals surface area contributed by atoms with Gasteiger partial charge in [0.25, 0.3) is 0 Å². The third-order valence-corrected chi connectivity index (χ3v) is 2.06. The summed E-state index contributed by atoms with van der Waals surface area (Å²) in [7, 11) is 0. The molecule has 0 aliphatic rings. The Morgan fingerprint density at radius 3 is 2.53 bits per heavy atom. The Labute approximate surface area is 96.3 Å². The van der Waals surface area contributed by atoms with Crippen molar-refractivity contribution in [2.45, 2.75) is 27.2 Å². The summed E-state index contributed by atoms with van der Waals surface area (Å²) < 4.78 is 4.79. The first-order valence-electron chi connectivity index (χ1n) is 4.78. The fourth-order valence-corrected chi connectivity index (χ4v) is 0.924. The largest absolute Gasteiger partial charge is 0.462 e. The molecular formula is C12H17ClO2. The van der Waals surface area contributed by atoms with E-state index in [9.17, 15) is 4.79 Å². The smallest absolute Gasteiger partial charge is 0.302 e. The highest BCUT2D eigenvalue weighted by Crippen LogP contribution is 2.04. The zero-order valence-electron chi connectivity index (χ0n) is 9.42. The van der Waals surface area contributed by atoms with Gasteiger partial charge < -0.3 is 4.74 Å². The van der Waals surface area contributed by atoms with Gasteiger partial charge in [0.15, 0.2) is 0 Å². The van der Waals surface area contributed by atoms with Crippen LogP contribution < -0.4 is 0 Å². The second-order valence-electron chi connectivity index (χ2n) is 3.31. The Kier molecular flexibility index (Phi) is 7.74. The van der Waals surface area contributed by atoms with Crippen LogP contribution in [-0.2, 0) is 9.53 Å². The molecule has 0 saturated heterocycles. The molecule has 0 aliphatic heterocycles. The lowest BCUT2D eigenvalue weighted by Crippen LogP contribution is -1.98. The van der Waals surface area contributed by atoms with Crippen molar-refractivity contribution in [3.05, 3.63) is 34.9 Å². The molecule has 0 aromatic rings. The number of carbonyl (C=O) groups excluding carboxylic acids is 1. The van der Waals surface area contributed by atoms with Gasteiger partial charge in [0.05, 0.1) is 0 Å². The van der Waals surface area contributed by atoms with Crippen molar-refractivity contribution < 1.29 is 9.53 Å². The maximum atomic E-state index is 10.5. The molecule has 0 radical (unpaired) electrons. The number of hydrogen-bond acceptors (Lipinski definition) is 2. The molecule has 0 amide bonds. The number of esters is 1. The number of allylic oxidation sites excluding steroid dienone is 4. The molecule has 0 unspecified atom stereocenters. The molecule has 0 saturated carbocycles. The second kappa shape index (κ2) is 8.30. The lowest BCUT2D eigenvalue weighted by molar-refractivity contribution is -0.139. The van der Waals surface area contributed by atoms with Crippen molar-refractivity contribution in [3.63, 3.8) is 0 Å². The highest BCUT2D eigenvalue weighted by molar-refractivity contribution is 6.25. The molecular weight excluding hydrogens is 212 g/mol. The van der Waals surface area contributed by atoms with E-state index in [1.807, 2.05) is 32.1 Å². The second-order valence-corrected chi connectivity index (χ2v) is 3.53. The first-order chi connectivity index (χ1) is 7.06. The number of rotatable bonds is 5. The number of halogens is 1. The SMILES string of the molecule is CC(=O)OC/C=C(\C)C/C=C/C(C)=C/Cl. The van der Waals surface area contributed by atoms with Crippen molar-refractivity contribution in [2.75, 3.05) is 6.61 Å². The van der Waals surface area contributed by atoms with Gasteiger partial charge >= 0.3 is 5.97 Å². The summed E-state index contributed by atoms with van der Waals surface area (Å²) in [6.07, 6.45) is 6.71. The Hall–Kier alpha value is -1.02. The fraction of sp³-hybridized carbons (Fsp3) is 0.417. The van der Waals surface area contributed by atoms with Crippen LogP contribution in [0.3, 0.4) is 0 Å². The van der Waals surface area contributed by atoms with E-state index in [4.69, 9.17) is 16.3 Å². The molecule has 0 heterocycles. The third kappa shape index (κ3) is 9.29. The third-order valence-electron chi connectivity index (χ3n) is 1.71. The Balaban J connectivity index is 3.87. The van der Waals surface area contributed by atoms with E-state index in [-0.39, 0.29) is 5.97 Å². The minimum Gasteiger partial charge on any atom is -0.462 e. The van der Waals surface area contributed by atoms with Crippen LogP contribution in [0.25, 0.3) is 0 Å². The van der Waals surface area contributed by atoms with Gasteiger partial charge in [-0.2, -0.15) is 0 Å². The first-order valence-corrected chi connectivity index (χ1v) is 5.22. The average Bonchev–Trinajstić information content (AvgIpc) is 2.17. The maximum absolute atomic E-state index is 10.5.